The Bertz CT molecular complexity index is 629. The summed E-state index contributed by atoms with van der Waals surface area (Å²) in [6.45, 7) is 3.06. The lowest BCUT2D eigenvalue weighted by atomic mass is 10.0. The van der Waals surface area contributed by atoms with E-state index in [0.717, 1.165) is 37.4 Å². The number of fused-ring (bicyclic) bond motifs is 1. The van der Waals surface area contributed by atoms with Crippen LogP contribution in [0.1, 0.15) is 30.9 Å². The molecule has 1 saturated heterocycles. The number of likely N-dealkylation sites (tertiary alicyclic amines) is 1. The Morgan fingerprint density at radius 3 is 2.77 bits per heavy atom. The molecular formula is C16H23NO4S. The van der Waals surface area contributed by atoms with Crippen molar-refractivity contribution in [3.8, 4) is 11.5 Å². The maximum atomic E-state index is 11.3. The van der Waals surface area contributed by atoms with E-state index in [1.807, 2.05) is 6.07 Å². The molecule has 0 spiro atoms. The molecule has 22 heavy (non-hydrogen) atoms. The van der Waals surface area contributed by atoms with Crippen molar-refractivity contribution in [2.45, 2.75) is 25.3 Å². The summed E-state index contributed by atoms with van der Waals surface area (Å²) < 4.78 is 33.8. The van der Waals surface area contributed by atoms with E-state index in [4.69, 9.17) is 9.47 Å². The van der Waals surface area contributed by atoms with Gasteiger partial charge in [-0.25, -0.2) is 8.42 Å². The second kappa shape index (κ2) is 6.46. The van der Waals surface area contributed by atoms with Crippen LogP contribution in [0.15, 0.2) is 18.2 Å². The number of nitrogens with zero attached hydrogens (tertiary/aromatic N) is 1. The third-order valence-electron chi connectivity index (χ3n) is 4.28. The lowest BCUT2D eigenvalue weighted by molar-refractivity contribution is 0.170. The van der Waals surface area contributed by atoms with E-state index in [0.29, 0.717) is 25.7 Å². The molecule has 1 aromatic rings. The predicted molar refractivity (Wildman–Crippen MR) is 85.3 cm³/mol. The van der Waals surface area contributed by atoms with E-state index in [1.54, 1.807) is 0 Å². The monoisotopic (exact) mass is 325 g/mol. The van der Waals surface area contributed by atoms with Crippen molar-refractivity contribution in [1.29, 1.82) is 0 Å². The number of ether oxygens (including phenoxy) is 2. The minimum Gasteiger partial charge on any atom is -0.486 e. The summed E-state index contributed by atoms with van der Waals surface area (Å²) in [5.74, 6) is 1.90. The van der Waals surface area contributed by atoms with Crippen molar-refractivity contribution in [2.75, 3.05) is 38.3 Å². The highest BCUT2D eigenvalue weighted by Gasteiger charge is 2.27. The van der Waals surface area contributed by atoms with Gasteiger partial charge in [0.05, 0.1) is 5.75 Å². The molecule has 0 aromatic heterocycles. The van der Waals surface area contributed by atoms with Gasteiger partial charge in [-0.2, -0.15) is 0 Å². The van der Waals surface area contributed by atoms with Gasteiger partial charge in [0.15, 0.2) is 11.5 Å². The Kier molecular flexibility index (Phi) is 4.59. The quantitative estimate of drug-likeness (QED) is 0.829. The van der Waals surface area contributed by atoms with E-state index >= 15 is 0 Å². The van der Waals surface area contributed by atoms with Crippen LogP contribution in [-0.4, -0.2) is 51.6 Å². The maximum Gasteiger partial charge on any atom is 0.161 e. The molecule has 0 aliphatic carbocycles. The molecule has 2 heterocycles. The summed E-state index contributed by atoms with van der Waals surface area (Å²) >= 11 is 0. The van der Waals surface area contributed by atoms with E-state index in [1.165, 1.54) is 11.8 Å². The number of sulfone groups is 1. The molecule has 1 atom stereocenters. The van der Waals surface area contributed by atoms with Gasteiger partial charge in [0, 0.05) is 12.3 Å². The first-order valence-corrected chi connectivity index (χ1v) is 9.90. The van der Waals surface area contributed by atoms with Gasteiger partial charge in [-0.15, -0.1) is 0 Å². The molecule has 0 bridgehead atoms. The van der Waals surface area contributed by atoms with Crippen LogP contribution < -0.4 is 9.47 Å². The van der Waals surface area contributed by atoms with E-state index in [9.17, 15) is 8.42 Å². The number of hydrogen-bond acceptors (Lipinski definition) is 5. The Balaban J connectivity index is 1.67. The highest BCUT2D eigenvalue weighted by Crippen LogP contribution is 2.37. The van der Waals surface area contributed by atoms with Crippen molar-refractivity contribution in [3.63, 3.8) is 0 Å². The lowest BCUT2D eigenvalue weighted by Crippen LogP contribution is -2.26. The van der Waals surface area contributed by atoms with Crippen molar-refractivity contribution < 1.29 is 17.9 Å². The maximum absolute atomic E-state index is 11.3. The fourth-order valence-corrected chi connectivity index (χ4v) is 3.92. The number of hydrogen-bond donors (Lipinski definition) is 0. The van der Waals surface area contributed by atoms with E-state index < -0.39 is 9.84 Å². The molecule has 2 aliphatic heterocycles. The minimum atomic E-state index is -2.87. The zero-order chi connectivity index (χ0) is 15.6. The Hall–Kier alpha value is -1.27. The van der Waals surface area contributed by atoms with E-state index in [2.05, 4.69) is 17.0 Å². The molecule has 2 aliphatic rings. The number of benzene rings is 1. The highest BCUT2D eigenvalue weighted by molar-refractivity contribution is 7.90. The molecule has 6 heteroatoms. The van der Waals surface area contributed by atoms with Crippen molar-refractivity contribution >= 4 is 9.84 Å². The molecular weight excluding hydrogens is 302 g/mol. The fraction of sp³-hybridized carbons (Fsp3) is 0.625. The fourth-order valence-electron chi connectivity index (χ4n) is 3.27. The van der Waals surface area contributed by atoms with Crippen molar-refractivity contribution in [1.82, 2.24) is 4.90 Å². The van der Waals surface area contributed by atoms with Crippen molar-refractivity contribution in [3.05, 3.63) is 23.8 Å². The Morgan fingerprint density at radius 1 is 1.23 bits per heavy atom. The van der Waals surface area contributed by atoms with Gasteiger partial charge in [-0.3, -0.25) is 4.90 Å². The Labute approximate surface area is 132 Å². The first-order valence-electron chi connectivity index (χ1n) is 7.84. The van der Waals surface area contributed by atoms with Crippen LogP contribution in [0.4, 0.5) is 0 Å². The Morgan fingerprint density at radius 2 is 2.00 bits per heavy atom. The van der Waals surface area contributed by atoms with Gasteiger partial charge < -0.3 is 9.47 Å². The molecule has 0 amide bonds. The van der Waals surface area contributed by atoms with Crippen LogP contribution in [0.25, 0.3) is 0 Å². The summed E-state index contributed by atoms with van der Waals surface area (Å²) in [5.41, 5.74) is 1.24. The van der Waals surface area contributed by atoms with Gasteiger partial charge in [-0.05, 0) is 50.0 Å². The molecule has 0 radical (unpaired) electrons. The lowest BCUT2D eigenvalue weighted by Gasteiger charge is -2.26. The van der Waals surface area contributed by atoms with Gasteiger partial charge in [-0.1, -0.05) is 6.07 Å². The zero-order valence-electron chi connectivity index (χ0n) is 13.0. The second-order valence-electron chi connectivity index (χ2n) is 6.08. The first-order chi connectivity index (χ1) is 10.5. The topological polar surface area (TPSA) is 55.8 Å². The highest BCUT2D eigenvalue weighted by atomic mass is 32.2. The van der Waals surface area contributed by atoms with Crippen LogP contribution in [0.5, 0.6) is 11.5 Å². The molecule has 0 saturated carbocycles. The van der Waals surface area contributed by atoms with Gasteiger partial charge >= 0.3 is 0 Å². The summed E-state index contributed by atoms with van der Waals surface area (Å²) in [4.78, 5) is 2.39. The van der Waals surface area contributed by atoms with Crippen LogP contribution >= 0.6 is 0 Å². The first kappa shape index (κ1) is 15.6. The third-order valence-corrected chi connectivity index (χ3v) is 5.31. The van der Waals surface area contributed by atoms with Crippen LogP contribution in [0, 0.1) is 0 Å². The molecule has 3 rings (SSSR count). The van der Waals surface area contributed by atoms with Crippen LogP contribution in [0.2, 0.25) is 0 Å². The largest absolute Gasteiger partial charge is 0.486 e. The summed E-state index contributed by atoms with van der Waals surface area (Å²) in [5, 5.41) is 0. The average molecular weight is 325 g/mol. The summed E-state index contributed by atoms with van der Waals surface area (Å²) in [6.07, 6.45) is 4.26. The summed E-state index contributed by atoms with van der Waals surface area (Å²) in [7, 11) is -2.87. The van der Waals surface area contributed by atoms with Crippen LogP contribution in [-0.2, 0) is 9.84 Å². The molecule has 0 unspecified atom stereocenters. The average Bonchev–Trinajstić information content (AvgIpc) is 2.94. The molecule has 1 fully saturated rings. The summed E-state index contributed by atoms with van der Waals surface area (Å²) in [6, 6.07) is 6.52. The van der Waals surface area contributed by atoms with Gasteiger partial charge in [0.1, 0.15) is 23.1 Å². The molecule has 1 aromatic carbocycles. The molecule has 0 N–H and O–H groups in total. The normalized spacial score (nSPS) is 22.0. The van der Waals surface area contributed by atoms with E-state index in [-0.39, 0.29) is 5.75 Å². The smallest absolute Gasteiger partial charge is 0.161 e. The van der Waals surface area contributed by atoms with Gasteiger partial charge in [0.2, 0.25) is 0 Å². The standard InChI is InChI=1S/C16H23NO4S/c1-22(18,19)11-3-8-17-7-2-4-14(17)13-5-6-15-16(12-13)21-10-9-20-15/h5-6,12,14H,2-4,7-11H2,1H3/t14-/m1/s1. The number of rotatable bonds is 5. The second-order valence-corrected chi connectivity index (χ2v) is 8.34. The third kappa shape index (κ3) is 3.73. The predicted octanol–water partition coefficient (Wildman–Crippen LogP) is 2.03. The van der Waals surface area contributed by atoms with Crippen molar-refractivity contribution in [2.24, 2.45) is 0 Å². The minimum absolute atomic E-state index is 0.261. The SMILES string of the molecule is CS(=O)(=O)CCCN1CCC[C@@H]1c1ccc2c(c1)OCCO2. The molecule has 122 valence electrons. The van der Waals surface area contributed by atoms with Gasteiger partial charge in [0.25, 0.3) is 0 Å². The van der Waals surface area contributed by atoms with Crippen LogP contribution in [0.3, 0.4) is 0 Å². The zero-order valence-corrected chi connectivity index (χ0v) is 13.8. The molecule has 5 nitrogen and oxygen atoms in total.